The molecule has 1 fully saturated rings. The molecule has 3 heterocycles. The number of amides is 1. The Morgan fingerprint density at radius 2 is 2.07 bits per heavy atom. The third-order valence-electron chi connectivity index (χ3n) is 6.03. The van der Waals surface area contributed by atoms with E-state index in [1.54, 1.807) is 13.8 Å². The lowest BCUT2D eigenvalue weighted by Crippen LogP contribution is -2.48. The maximum atomic E-state index is 13.3. The summed E-state index contributed by atoms with van der Waals surface area (Å²) in [7, 11) is 2.12. The molecule has 1 saturated heterocycles. The van der Waals surface area contributed by atoms with Crippen molar-refractivity contribution in [3.8, 4) is 0 Å². The molecule has 0 N–H and O–H groups in total. The van der Waals surface area contributed by atoms with Crippen LogP contribution in [0.4, 0.5) is 11.4 Å². The Morgan fingerprint density at radius 3 is 2.75 bits per heavy atom. The summed E-state index contributed by atoms with van der Waals surface area (Å²) in [5.41, 5.74) is 4.13. The van der Waals surface area contributed by atoms with E-state index in [-0.39, 0.29) is 24.2 Å². The zero-order valence-corrected chi connectivity index (χ0v) is 16.7. The van der Waals surface area contributed by atoms with Crippen LogP contribution in [0.5, 0.6) is 0 Å². The van der Waals surface area contributed by atoms with Crippen LogP contribution in [-0.4, -0.2) is 51.7 Å². The van der Waals surface area contributed by atoms with Gasteiger partial charge in [0.2, 0.25) is 5.91 Å². The number of hydrogen-bond donors (Lipinski definition) is 0. The molecule has 2 unspecified atom stereocenters. The number of hydrogen-bond acceptors (Lipinski definition) is 5. The van der Waals surface area contributed by atoms with E-state index in [1.165, 1.54) is 15.8 Å². The topological polar surface area (TPSA) is 84.5 Å². The molecular weight excluding hydrogens is 358 g/mol. The van der Waals surface area contributed by atoms with Gasteiger partial charge in [-0.3, -0.25) is 19.6 Å². The molecule has 28 heavy (non-hydrogen) atoms. The third kappa shape index (κ3) is 2.88. The van der Waals surface area contributed by atoms with Crippen LogP contribution in [-0.2, 0) is 11.3 Å². The van der Waals surface area contributed by atoms with Gasteiger partial charge in [0, 0.05) is 24.2 Å². The predicted molar refractivity (Wildman–Crippen MR) is 106 cm³/mol. The Morgan fingerprint density at radius 1 is 1.32 bits per heavy atom. The lowest BCUT2D eigenvalue weighted by Gasteiger charge is -2.36. The van der Waals surface area contributed by atoms with E-state index in [0.29, 0.717) is 17.3 Å². The van der Waals surface area contributed by atoms with Crippen LogP contribution < -0.4 is 4.90 Å². The van der Waals surface area contributed by atoms with E-state index in [9.17, 15) is 14.9 Å². The number of carbonyl (C=O) groups is 1. The van der Waals surface area contributed by atoms with Crippen LogP contribution in [0, 0.1) is 30.9 Å². The zero-order valence-electron chi connectivity index (χ0n) is 16.7. The lowest BCUT2D eigenvalue weighted by molar-refractivity contribution is -0.386. The highest BCUT2D eigenvalue weighted by atomic mass is 16.6. The van der Waals surface area contributed by atoms with Crippen molar-refractivity contribution in [1.29, 1.82) is 0 Å². The third-order valence-corrected chi connectivity index (χ3v) is 6.03. The number of nitrogens with zero attached hydrogens (tertiary/aromatic N) is 5. The summed E-state index contributed by atoms with van der Waals surface area (Å²) in [5.74, 6) is 0.232. The van der Waals surface area contributed by atoms with Crippen molar-refractivity contribution in [2.45, 2.75) is 45.7 Å². The smallest absolute Gasteiger partial charge is 0.307 e. The summed E-state index contributed by atoms with van der Waals surface area (Å²) in [5, 5.41) is 15.5. The number of aromatic nitrogens is 2. The van der Waals surface area contributed by atoms with Gasteiger partial charge in [-0.2, -0.15) is 5.10 Å². The van der Waals surface area contributed by atoms with Crippen LogP contribution in [0.15, 0.2) is 18.2 Å². The number of carbonyl (C=O) groups excluding carboxylic acids is 1. The number of aryl methyl sites for hydroxylation is 2. The molecule has 1 aromatic carbocycles. The Bertz CT molecular complexity index is 967. The molecule has 1 aromatic heterocycles. The molecule has 0 saturated carbocycles. The average Bonchev–Trinajstić information content (AvgIpc) is 3.08. The van der Waals surface area contributed by atoms with Gasteiger partial charge in [0.25, 0.3) is 0 Å². The highest BCUT2D eigenvalue weighted by Gasteiger charge is 2.44. The first-order valence-electron chi connectivity index (χ1n) is 9.57. The predicted octanol–water partition coefficient (Wildman–Crippen LogP) is 2.55. The summed E-state index contributed by atoms with van der Waals surface area (Å²) >= 11 is 0. The van der Waals surface area contributed by atoms with Crippen LogP contribution in [0.2, 0.25) is 0 Å². The van der Waals surface area contributed by atoms with Gasteiger partial charge < -0.3 is 9.80 Å². The molecule has 8 heteroatoms. The SMILES string of the molecule is Cc1ccc2c(c1)C1CN(C)CCC1N2C(=O)Cn1nc(C)c([N+](=O)[O-])c1C. The molecule has 0 aliphatic carbocycles. The van der Waals surface area contributed by atoms with E-state index in [1.807, 2.05) is 17.0 Å². The minimum atomic E-state index is -0.431. The number of likely N-dealkylation sites (N-methyl/N-ethyl adjacent to an activating group) is 1. The van der Waals surface area contributed by atoms with Gasteiger partial charge in [-0.15, -0.1) is 0 Å². The first kappa shape index (κ1) is 18.6. The summed E-state index contributed by atoms with van der Waals surface area (Å²) in [4.78, 5) is 28.4. The van der Waals surface area contributed by atoms with E-state index < -0.39 is 4.92 Å². The number of piperidine rings is 1. The molecule has 4 rings (SSSR count). The van der Waals surface area contributed by atoms with Crippen molar-refractivity contribution in [2.75, 3.05) is 25.0 Å². The molecule has 8 nitrogen and oxygen atoms in total. The highest BCUT2D eigenvalue weighted by molar-refractivity contribution is 5.96. The van der Waals surface area contributed by atoms with E-state index in [0.717, 1.165) is 25.2 Å². The van der Waals surface area contributed by atoms with Crippen molar-refractivity contribution in [1.82, 2.24) is 14.7 Å². The average molecular weight is 383 g/mol. The number of benzene rings is 1. The zero-order chi connectivity index (χ0) is 20.2. The van der Waals surface area contributed by atoms with Crippen LogP contribution >= 0.6 is 0 Å². The maximum Gasteiger partial charge on any atom is 0.312 e. The van der Waals surface area contributed by atoms with Gasteiger partial charge >= 0.3 is 5.69 Å². The maximum absolute atomic E-state index is 13.3. The number of likely N-dealkylation sites (tertiary alicyclic amines) is 1. The number of nitro groups is 1. The number of rotatable bonds is 3. The minimum absolute atomic E-state index is 0.00683. The number of anilines is 1. The van der Waals surface area contributed by atoms with Crippen LogP contribution in [0.25, 0.3) is 0 Å². The Balaban J connectivity index is 1.68. The van der Waals surface area contributed by atoms with Gasteiger partial charge in [-0.1, -0.05) is 17.7 Å². The molecule has 148 valence electrons. The highest BCUT2D eigenvalue weighted by Crippen LogP contribution is 2.45. The monoisotopic (exact) mass is 383 g/mol. The van der Waals surface area contributed by atoms with E-state index in [2.05, 4.69) is 30.0 Å². The molecule has 0 radical (unpaired) electrons. The second-order valence-corrected chi connectivity index (χ2v) is 7.98. The fourth-order valence-electron chi connectivity index (χ4n) is 4.72. The largest absolute Gasteiger partial charge is 0.312 e. The molecule has 1 amide bonds. The first-order valence-corrected chi connectivity index (χ1v) is 9.57. The van der Waals surface area contributed by atoms with E-state index >= 15 is 0 Å². The standard InChI is InChI=1S/C20H25N5O3/c1-12-5-6-17-15(9-12)16-10-22(4)8-7-18(16)24(17)19(26)11-23-14(3)20(25(27)28)13(2)21-23/h5-6,9,16,18H,7-8,10-11H2,1-4H3. The lowest BCUT2D eigenvalue weighted by atomic mass is 9.89. The second kappa shape index (κ2) is 6.70. The van der Waals surface area contributed by atoms with E-state index in [4.69, 9.17) is 0 Å². The van der Waals surface area contributed by atoms with Gasteiger partial charge in [0.05, 0.1) is 4.92 Å². The van der Waals surface area contributed by atoms with Crippen molar-refractivity contribution in [3.05, 3.63) is 50.8 Å². The summed E-state index contributed by atoms with van der Waals surface area (Å²) in [6.07, 6.45) is 0.915. The quantitative estimate of drug-likeness (QED) is 0.601. The molecule has 0 spiro atoms. The molecule has 0 bridgehead atoms. The Labute approximate surface area is 163 Å². The van der Waals surface area contributed by atoms with Crippen molar-refractivity contribution in [3.63, 3.8) is 0 Å². The van der Waals surface area contributed by atoms with Gasteiger partial charge in [-0.25, -0.2) is 0 Å². The van der Waals surface area contributed by atoms with Gasteiger partial charge in [0.1, 0.15) is 17.9 Å². The van der Waals surface area contributed by atoms with Gasteiger partial charge in [0.15, 0.2) is 0 Å². The fraction of sp³-hybridized carbons (Fsp3) is 0.500. The normalized spacial score (nSPS) is 21.5. The van der Waals surface area contributed by atoms with Crippen LogP contribution in [0.1, 0.15) is 34.9 Å². The van der Waals surface area contributed by atoms with Crippen molar-refractivity contribution < 1.29 is 9.72 Å². The Hall–Kier alpha value is -2.74. The van der Waals surface area contributed by atoms with Crippen LogP contribution in [0.3, 0.4) is 0 Å². The van der Waals surface area contributed by atoms with Crippen molar-refractivity contribution >= 4 is 17.3 Å². The second-order valence-electron chi connectivity index (χ2n) is 7.98. The van der Waals surface area contributed by atoms with Gasteiger partial charge in [-0.05, 0) is 52.4 Å². The molecule has 2 atom stereocenters. The van der Waals surface area contributed by atoms with Crippen molar-refractivity contribution in [2.24, 2.45) is 0 Å². The summed E-state index contributed by atoms with van der Waals surface area (Å²) in [6, 6.07) is 6.39. The molecule has 2 aliphatic rings. The molecule has 2 aliphatic heterocycles. The first-order chi connectivity index (χ1) is 13.3. The molecular formula is C20H25N5O3. The fourth-order valence-corrected chi connectivity index (χ4v) is 4.72. The Kier molecular flexibility index (Phi) is 4.45. The summed E-state index contributed by atoms with van der Waals surface area (Å²) in [6.45, 7) is 7.20. The number of fused-ring (bicyclic) bond motifs is 3. The minimum Gasteiger partial charge on any atom is -0.307 e. The summed E-state index contributed by atoms with van der Waals surface area (Å²) < 4.78 is 1.46. The molecule has 2 aromatic rings.